The summed E-state index contributed by atoms with van der Waals surface area (Å²) in [5, 5.41) is 5.02. The Morgan fingerprint density at radius 3 is 2.79 bits per heavy atom. The molecule has 1 aromatic rings. The van der Waals surface area contributed by atoms with E-state index in [0.717, 1.165) is 17.5 Å². The molecule has 1 saturated carbocycles. The molecule has 2 N–H and O–H groups in total. The molecule has 1 aliphatic carbocycles. The fourth-order valence-electron chi connectivity index (χ4n) is 3.98. The maximum atomic E-state index is 12.8. The quantitative estimate of drug-likeness (QED) is 0.711. The molecule has 8 nitrogen and oxygen atoms in total. The summed E-state index contributed by atoms with van der Waals surface area (Å²) in [6.45, 7) is 2.50. The van der Waals surface area contributed by atoms with Crippen molar-refractivity contribution < 1.29 is 23.9 Å². The summed E-state index contributed by atoms with van der Waals surface area (Å²) in [5.74, 6) is -0.265. The van der Waals surface area contributed by atoms with E-state index < -0.39 is 18.0 Å². The molecule has 0 radical (unpaired) electrons. The highest BCUT2D eigenvalue weighted by Gasteiger charge is 2.39. The summed E-state index contributed by atoms with van der Waals surface area (Å²) < 4.78 is 5.36. The fourth-order valence-corrected chi connectivity index (χ4v) is 3.98. The van der Waals surface area contributed by atoms with Gasteiger partial charge in [0.15, 0.2) is 0 Å². The van der Waals surface area contributed by atoms with Crippen LogP contribution in [0.2, 0.25) is 0 Å². The van der Waals surface area contributed by atoms with Gasteiger partial charge in [-0.3, -0.25) is 19.7 Å². The number of carbonyl (C=O) groups excluding carboxylic acids is 4. The molecular weight excluding hydrogens is 374 g/mol. The predicted octanol–water partition coefficient (Wildman–Crippen LogP) is 1.86. The van der Waals surface area contributed by atoms with Gasteiger partial charge in [-0.15, -0.1) is 0 Å². The zero-order chi connectivity index (χ0) is 20.5. The zero-order valence-corrected chi connectivity index (χ0v) is 16.4. The van der Waals surface area contributed by atoms with Gasteiger partial charge in [0.2, 0.25) is 11.8 Å². The first-order chi connectivity index (χ1) is 13.9. The van der Waals surface area contributed by atoms with Crippen LogP contribution in [0.1, 0.15) is 60.5 Å². The lowest BCUT2D eigenvalue weighted by atomic mass is 10.0. The fraction of sp³-hybridized carbons (Fsp3) is 0.524. The van der Waals surface area contributed by atoms with Crippen LogP contribution in [0.4, 0.5) is 4.79 Å². The first-order valence-electron chi connectivity index (χ1n) is 10.1. The second kappa shape index (κ2) is 7.85. The van der Waals surface area contributed by atoms with E-state index in [0.29, 0.717) is 24.4 Å². The molecule has 0 bridgehead atoms. The lowest BCUT2D eigenvalue weighted by molar-refractivity contribution is -0.136. The van der Waals surface area contributed by atoms with Crippen LogP contribution in [0.25, 0.3) is 0 Å². The average Bonchev–Trinajstić information content (AvgIpc) is 3.42. The van der Waals surface area contributed by atoms with Crippen LogP contribution in [0.5, 0.6) is 0 Å². The monoisotopic (exact) mass is 399 g/mol. The normalized spacial score (nSPS) is 22.2. The minimum absolute atomic E-state index is 0.105. The molecule has 2 atom stereocenters. The van der Waals surface area contributed by atoms with E-state index in [1.165, 1.54) is 17.7 Å². The number of nitrogens with zero attached hydrogens (tertiary/aromatic N) is 1. The standard InChI is InChI=1S/C21H25N3O5/c1-12(8-13-2-3-13)29-21(28)22-10-14-4-5-15-11-24(20(27)16(15)9-14)17-6-7-18(25)23-19(17)26/h4-5,9,12-13,17H,2-3,6-8,10-11H2,1H3,(H,22,28)(H,23,25,26). The van der Waals surface area contributed by atoms with Gasteiger partial charge in [0.1, 0.15) is 12.1 Å². The van der Waals surface area contributed by atoms with Crippen molar-refractivity contribution in [2.45, 2.75) is 64.3 Å². The first-order valence-corrected chi connectivity index (χ1v) is 10.1. The summed E-state index contributed by atoms with van der Waals surface area (Å²) in [6, 6.07) is 4.82. The zero-order valence-electron chi connectivity index (χ0n) is 16.4. The Morgan fingerprint density at radius 1 is 1.28 bits per heavy atom. The Bertz CT molecular complexity index is 864. The number of imide groups is 1. The van der Waals surface area contributed by atoms with Crippen molar-refractivity contribution in [1.29, 1.82) is 0 Å². The third-order valence-corrected chi connectivity index (χ3v) is 5.70. The van der Waals surface area contributed by atoms with E-state index in [4.69, 9.17) is 4.74 Å². The third kappa shape index (κ3) is 4.41. The second-order valence-corrected chi connectivity index (χ2v) is 8.14. The van der Waals surface area contributed by atoms with E-state index in [1.807, 2.05) is 19.1 Å². The van der Waals surface area contributed by atoms with E-state index in [1.54, 1.807) is 6.07 Å². The largest absolute Gasteiger partial charge is 0.447 e. The third-order valence-electron chi connectivity index (χ3n) is 5.70. The van der Waals surface area contributed by atoms with Crippen molar-refractivity contribution in [1.82, 2.24) is 15.5 Å². The summed E-state index contributed by atoms with van der Waals surface area (Å²) in [4.78, 5) is 49.7. The van der Waals surface area contributed by atoms with Gasteiger partial charge < -0.3 is 15.0 Å². The maximum Gasteiger partial charge on any atom is 0.407 e. The number of ether oxygens (including phenoxy) is 1. The van der Waals surface area contributed by atoms with Crippen LogP contribution >= 0.6 is 0 Å². The summed E-state index contributed by atoms with van der Waals surface area (Å²) in [6.07, 6.45) is 3.33. The second-order valence-electron chi connectivity index (χ2n) is 8.14. The van der Waals surface area contributed by atoms with Crippen LogP contribution < -0.4 is 10.6 Å². The van der Waals surface area contributed by atoms with Gasteiger partial charge in [0.25, 0.3) is 5.91 Å². The molecule has 2 heterocycles. The number of piperidine rings is 1. The summed E-state index contributed by atoms with van der Waals surface area (Å²) >= 11 is 0. The molecule has 2 fully saturated rings. The number of hydrogen-bond acceptors (Lipinski definition) is 5. The SMILES string of the molecule is CC(CC1CC1)OC(=O)NCc1ccc2c(c1)C(=O)N(C1CCC(=O)NC1=O)C2. The van der Waals surface area contributed by atoms with Crippen LogP contribution in [-0.4, -0.2) is 40.9 Å². The molecule has 8 heteroatoms. The topological polar surface area (TPSA) is 105 Å². The van der Waals surface area contributed by atoms with Gasteiger partial charge in [-0.2, -0.15) is 0 Å². The molecule has 4 rings (SSSR count). The molecule has 2 unspecified atom stereocenters. The Labute approximate surface area is 169 Å². The maximum absolute atomic E-state index is 12.8. The Hall–Kier alpha value is -2.90. The Balaban J connectivity index is 1.34. The number of nitrogens with one attached hydrogen (secondary N) is 2. The molecule has 0 spiro atoms. The molecule has 29 heavy (non-hydrogen) atoms. The predicted molar refractivity (Wildman–Crippen MR) is 103 cm³/mol. The lowest BCUT2D eigenvalue weighted by Crippen LogP contribution is -2.52. The van der Waals surface area contributed by atoms with Crippen molar-refractivity contribution >= 4 is 23.8 Å². The molecule has 0 aromatic heterocycles. The number of fused-ring (bicyclic) bond motifs is 1. The van der Waals surface area contributed by atoms with Crippen molar-refractivity contribution in [2.24, 2.45) is 5.92 Å². The summed E-state index contributed by atoms with van der Waals surface area (Å²) in [5.41, 5.74) is 2.16. The highest BCUT2D eigenvalue weighted by molar-refractivity contribution is 6.05. The molecule has 1 aromatic carbocycles. The number of amides is 4. The average molecular weight is 399 g/mol. The van der Waals surface area contributed by atoms with E-state index in [2.05, 4.69) is 10.6 Å². The van der Waals surface area contributed by atoms with Crippen molar-refractivity contribution in [2.75, 3.05) is 0 Å². The highest BCUT2D eigenvalue weighted by atomic mass is 16.6. The number of alkyl carbamates (subject to hydrolysis) is 1. The molecule has 1 saturated heterocycles. The van der Waals surface area contributed by atoms with E-state index in [9.17, 15) is 19.2 Å². The van der Waals surface area contributed by atoms with E-state index >= 15 is 0 Å². The smallest absolute Gasteiger partial charge is 0.407 e. The van der Waals surface area contributed by atoms with Gasteiger partial charge in [-0.25, -0.2) is 4.79 Å². The van der Waals surface area contributed by atoms with Crippen LogP contribution in [-0.2, 0) is 27.4 Å². The Kier molecular flexibility index (Phi) is 5.25. The van der Waals surface area contributed by atoms with Gasteiger partial charge in [-0.1, -0.05) is 25.0 Å². The van der Waals surface area contributed by atoms with E-state index in [-0.39, 0.29) is 30.9 Å². The van der Waals surface area contributed by atoms with Gasteiger partial charge in [-0.05, 0) is 42.9 Å². The van der Waals surface area contributed by atoms with Crippen LogP contribution in [0.15, 0.2) is 18.2 Å². The molecular formula is C21H25N3O5. The number of benzene rings is 1. The number of carbonyl (C=O) groups is 4. The molecule has 4 amide bonds. The van der Waals surface area contributed by atoms with Gasteiger partial charge in [0.05, 0.1) is 0 Å². The van der Waals surface area contributed by atoms with Gasteiger partial charge in [0, 0.05) is 25.1 Å². The van der Waals surface area contributed by atoms with Crippen molar-refractivity contribution in [3.63, 3.8) is 0 Å². The Morgan fingerprint density at radius 2 is 2.07 bits per heavy atom. The van der Waals surface area contributed by atoms with Crippen molar-refractivity contribution in [3.8, 4) is 0 Å². The molecule has 154 valence electrons. The highest BCUT2D eigenvalue weighted by Crippen LogP contribution is 2.34. The molecule has 2 aliphatic heterocycles. The first kappa shape index (κ1) is 19.4. The van der Waals surface area contributed by atoms with Crippen LogP contribution in [0, 0.1) is 5.92 Å². The number of hydrogen-bond donors (Lipinski definition) is 2. The van der Waals surface area contributed by atoms with Gasteiger partial charge >= 0.3 is 6.09 Å². The molecule has 3 aliphatic rings. The summed E-state index contributed by atoms with van der Waals surface area (Å²) in [7, 11) is 0. The minimum Gasteiger partial charge on any atom is -0.447 e. The van der Waals surface area contributed by atoms with Crippen molar-refractivity contribution in [3.05, 3.63) is 34.9 Å². The van der Waals surface area contributed by atoms with Crippen LogP contribution in [0.3, 0.4) is 0 Å². The number of rotatable bonds is 6. The lowest BCUT2D eigenvalue weighted by Gasteiger charge is -2.29. The minimum atomic E-state index is -0.628.